The molecular formula is C28H33F2N5O2. The molecule has 9 heteroatoms. The number of rotatable bonds is 5. The van der Waals surface area contributed by atoms with Crippen LogP contribution >= 0.6 is 0 Å². The van der Waals surface area contributed by atoms with Gasteiger partial charge < -0.3 is 15.3 Å². The van der Waals surface area contributed by atoms with E-state index in [0.717, 1.165) is 76.3 Å². The van der Waals surface area contributed by atoms with Gasteiger partial charge in [0.05, 0.1) is 29.4 Å². The summed E-state index contributed by atoms with van der Waals surface area (Å²) in [6.07, 6.45) is 9.53. The molecule has 0 radical (unpaired) electrons. The Morgan fingerprint density at radius 3 is 2.65 bits per heavy atom. The summed E-state index contributed by atoms with van der Waals surface area (Å²) in [6, 6.07) is 7.80. The third kappa shape index (κ3) is 4.82. The molecular weight excluding hydrogens is 476 g/mol. The van der Waals surface area contributed by atoms with Crippen LogP contribution in [0.1, 0.15) is 66.9 Å². The van der Waals surface area contributed by atoms with Crippen LogP contribution in [0, 0.1) is 11.6 Å². The van der Waals surface area contributed by atoms with Gasteiger partial charge in [-0.2, -0.15) is 5.10 Å². The van der Waals surface area contributed by atoms with Crippen molar-refractivity contribution in [3.8, 4) is 0 Å². The van der Waals surface area contributed by atoms with Gasteiger partial charge in [-0.1, -0.05) is 0 Å². The van der Waals surface area contributed by atoms with Gasteiger partial charge in [-0.05, 0) is 75.3 Å². The number of anilines is 1. The molecule has 0 bridgehead atoms. The van der Waals surface area contributed by atoms with Gasteiger partial charge in [0.15, 0.2) is 0 Å². The molecule has 2 N–H and O–H groups in total. The molecule has 2 aromatic heterocycles. The molecule has 1 aliphatic carbocycles. The van der Waals surface area contributed by atoms with Gasteiger partial charge in [-0.25, -0.2) is 13.3 Å². The SMILES string of the molecule is O=C(NC1CCC(N2CCC(O)C2)CC1)c1cnn2ccc(N3CCCC3c3cc(F)ccc3F)cc12. The van der Waals surface area contributed by atoms with Crippen molar-refractivity contribution in [2.45, 2.75) is 69.2 Å². The van der Waals surface area contributed by atoms with Crippen molar-refractivity contribution in [3.63, 3.8) is 0 Å². The zero-order valence-corrected chi connectivity index (χ0v) is 20.8. The van der Waals surface area contributed by atoms with Crippen LogP contribution in [-0.4, -0.2) is 63.3 Å². The van der Waals surface area contributed by atoms with Gasteiger partial charge >= 0.3 is 0 Å². The predicted octanol–water partition coefficient (Wildman–Crippen LogP) is 4.06. The smallest absolute Gasteiger partial charge is 0.255 e. The molecule has 7 nitrogen and oxygen atoms in total. The summed E-state index contributed by atoms with van der Waals surface area (Å²) >= 11 is 0. The van der Waals surface area contributed by atoms with E-state index in [1.807, 2.05) is 18.3 Å². The fourth-order valence-corrected chi connectivity index (χ4v) is 6.44. The molecule has 1 saturated carbocycles. The highest BCUT2D eigenvalue weighted by molar-refractivity contribution is 6.01. The number of halogens is 2. The number of benzene rings is 1. The number of pyridine rings is 1. The first-order valence-corrected chi connectivity index (χ1v) is 13.4. The lowest BCUT2D eigenvalue weighted by Gasteiger charge is -2.34. The minimum Gasteiger partial charge on any atom is -0.392 e. The zero-order valence-electron chi connectivity index (χ0n) is 20.8. The van der Waals surface area contributed by atoms with Crippen LogP contribution in [0.15, 0.2) is 42.7 Å². The van der Waals surface area contributed by atoms with Crippen LogP contribution in [0.2, 0.25) is 0 Å². The number of β-amino-alcohol motifs (C(OH)–C–C–N with tert-alkyl or cyclic N) is 1. The standard InChI is InChI=1S/C28H33F2N5O2/c29-18-3-8-25(30)23(14-18)26-2-1-11-34(26)21-9-13-35-27(15-21)24(16-31-35)28(37)32-19-4-6-20(7-5-19)33-12-10-22(36)17-33/h3,8-9,13-16,19-20,22,26,36H,1-2,4-7,10-12,17H2,(H,32,37). The first-order chi connectivity index (χ1) is 18.0. The fraction of sp³-hybridized carbons (Fsp3) is 0.500. The first-order valence-electron chi connectivity index (χ1n) is 13.4. The van der Waals surface area contributed by atoms with E-state index < -0.39 is 11.6 Å². The monoisotopic (exact) mass is 509 g/mol. The number of aromatic nitrogens is 2. The van der Waals surface area contributed by atoms with Gasteiger partial charge in [0.25, 0.3) is 5.91 Å². The summed E-state index contributed by atoms with van der Waals surface area (Å²) in [5.41, 5.74) is 2.43. The van der Waals surface area contributed by atoms with Crippen molar-refractivity contribution in [1.82, 2.24) is 19.8 Å². The molecule has 2 unspecified atom stereocenters. The number of likely N-dealkylation sites (tertiary alicyclic amines) is 1. The predicted molar refractivity (Wildman–Crippen MR) is 137 cm³/mol. The van der Waals surface area contributed by atoms with Gasteiger partial charge in [-0.3, -0.25) is 9.69 Å². The molecule has 1 amide bonds. The van der Waals surface area contributed by atoms with E-state index in [0.29, 0.717) is 22.7 Å². The van der Waals surface area contributed by atoms with Gasteiger partial charge in [0, 0.05) is 49.2 Å². The van der Waals surface area contributed by atoms with Crippen molar-refractivity contribution in [2.24, 2.45) is 0 Å². The van der Waals surface area contributed by atoms with Crippen LogP contribution in [0.25, 0.3) is 5.52 Å². The molecule has 4 heterocycles. The molecule has 0 spiro atoms. The highest BCUT2D eigenvalue weighted by atomic mass is 19.1. The van der Waals surface area contributed by atoms with E-state index in [4.69, 9.17) is 0 Å². The van der Waals surface area contributed by atoms with Crippen molar-refractivity contribution in [2.75, 3.05) is 24.5 Å². The summed E-state index contributed by atoms with van der Waals surface area (Å²) in [7, 11) is 0. The van der Waals surface area contributed by atoms with Crippen LogP contribution in [0.3, 0.4) is 0 Å². The maximum atomic E-state index is 14.6. The van der Waals surface area contributed by atoms with Crippen LogP contribution in [0.4, 0.5) is 14.5 Å². The fourth-order valence-electron chi connectivity index (χ4n) is 6.44. The quantitative estimate of drug-likeness (QED) is 0.543. The third-order valence-corrected chi connectivity index (χ3v) is 8.39. The summed E-state index contributed by atoms with van der Waals surface area (Å²) in [5, 5.41) is 17.4. The third-order valence-electron chi connectivity index (χ3n) is 8.39. The minimum atomic E-state index is -0.444. The average Bonchev–Trinajstić information content (AvgIpc) is 3.65. The molecule has 3 fully saturated rings. The Balaban J connectivity index is 1.16. The lowest BCUT2D eigenvalue weighted by molar-refractivity contribution is 0.0907. The van der Waals surface area contributed by atoms with Gasteiger partial charge in [-0.15, -0.1) is 0 Å². The van der Waals surface area contributed by atoms with E-state index >= 15 is 0 Å². The molecule has 196 valence electrons. The Kier molecular flexibility index (Phi) is 6.58. The number of carbonyl (C=O) groups is 1. The lowest BCUT2D eigenvalue weighted by atomic mass is 9.90. The first kappa shape index (κ1) is 24.3. The summed E-state index contributed by atoms with van der Waals surface area (Å²) in [6.45, 7) is 2.44. The Morgan fingerprint density at radius 1 is 1.03 bits per heavy atom. The Morgan fingerprint density at radius 2 is 1.86 bits per heavy atom. The molecule has 3 aromatic rings. The van der Waals surface area contributed by atoms with E-state index in [9.17, 15) is 18.7 Å². The number of hydrogen-bond acceptors (Lipinski definition) is 5. The number of nitrogens with one attached hydrogen (secondary N) is 1. The molecule has 6 rings (SSSR count). The van der Waals surface area contributed by atoms with Crippen molar-refractivity contribution in [3.05, 3.63) is 65.5 Å². The number of aliphatic hydroxyl groups excluding tert-OH is 1. The van der Waals surface area contributed by atoms with Crippen molar-refractivity contribution < 1.29 is 18.7 Å². The highest BCUT2D eigenvalue weighted by Crippen LogP contribution is 2.38. The highest BCUT2D eigenvalue weighted by Gasteiger charge is 2.32. The summed E-state index contributed by atoms with van der Waals surface area (Å²) in [4.78, 5) is 17.7. The molecule has 2 atom stereocenters. The average molecular weight is 510 g/mol. The van der Waals surface area contributed by atoms with Crippen molar-refractivity contribution >= 4 is 17.1 Å². The lowest BCUT2D eigenvalue weighted by Crippen LogP contribution is -2.43. The molecule has 37 heavy (non-hydrogen) atoms. The van der Waals surface area contributed by atoms with E-state index in [1.165, 1.54) is 12.1 Å². The number of nitrogens with zero attached hydrogens (tertiary/aromatic N) is 4. The number of aliphatic hydroxyl groups is 1. The molecule has 2 aliphatic heterocycles. The van der Waals surface area contributed by atoms with Crippen LogP contribution in [0.5, 0.6) is 0 Å². The summed E-state index contributed by atoms with van der Waals surface area (Å²) in [5.74, 6) is -0.985. The minimum absolute atomic E-state index is 0.119. The second-order valence-electron chi connectivity index (χ2n) is 10.7. The van der Waals surface area contributed by atoms with E-state index in [2.05, 4.69) is 20.2 Å². The Bertz CT molecular complexity index is 1290. The second-order valence-corrected chi connectivity index (χ2v) is 10.7. The van der Waals surface area contributed by atoms with E-state index in [1.54, 1.807) is 10.7 Å². The normalized spacial score (nSPS) is 26.7. The van der Waals surface area contributed by atoms with E-state index in [-0.39, 0.29) is 24.1 Å². The second kappa shape index (κ2) is 10.0. The topological polar surface area (TPSA) is 73.1 Å². The molecule has 2 saturated heterocycles. The van der Waals surface area contributed by atoms with Crippen molar-refractivity contribution in [1.29, 1.82) is 0 Å². The number of carbonyl (C=O) groups excluding carboxylic acids is 1. The molecule has 1 aromatic carbocycles. The van der Waals surface area contributed by atoms with Crippen LogP contribution in [-0.2, 0) is 0 Å². The zero-order chi connectivity index (χ0) is 25.5. The van der Waals surface area contributed by atoms with Gasteiger partial charge in [0.2, 0.25) is 0 Å². The number of amides is 1. The van der Waals surface area contributed by atoms with Gasteiger partial charge in [0.1, 0.15) is 11.6 Å². The Labute approximate surface area is 215 Å². The van der Waals surface area contributed by atoms with Crippen LogP contribution < -0.4 is 10.2 Å². The summed E-state index contributed by atoms with van der Waals surface area (Å²) < 4.78 is 30.1. The maximum absolute atomic E-state index is 14.6. The number of fused-ring (bicyclic) bond motifs is 1. The largest absolute Gasteiger partial charge is 0.392 e. The Hall–Kier alpha value is -3.04. The maximum Gasteiger partial charge on any atom is 0.255 e. The number of hydrogen-bond donors (Lipinski definition) is 2. The molecule has 3 aliphatic rings.